The molecule has 5 nitrogen and oxygen atoms in total. The first kappa shape index (κ1) is 17.1. The SMILES string of the molecule is COc1cccc(OCC(O)CN2CCC(CCO)CC2)c1. The Bertz CT molecular complexity index is 432. The van der Waals surface area contributed by atoms with Crippen molar-refractivity contribution in [2.45, 2.75) is 25.4 Å². The fourth-order valence-corrected chi connectivity index (χ4v) is 2.87. The molecule has 0 spiro atoms. The fraction of sp³-hybridized carbons (Fsp3) is 0.647. The number of piperidine rings is 1. The van der Waals surface area contributed by atoms with Crippen molar-refractivity contribution in [2.24, 2.45) is 5.92 Å². The van der Waals surface area contributed by atoms with E-state index in [1.165, 1.54) is 0 Å². The molecule has 1 fully saturated rings. The summed E-state index contributed by atoms with van der Waals surface area (Å²) in [6, 6.07) is 7.40. The van der Waals surface area contributed by atoms with Gasteiger partial charge in [0.25, 0.3) is 0 Å². The van der Waals surface area contributed by atoms with Gasteiger partial charge in [0, 0.05) is 19.2 Å². The van der Waals surface area contributed by atoms with E-state index < -0.39 is 6.10 Å². The Hall–Kier alpha value is -1.30. The van der Waals surface area contributed by atoms with Gasteiger partial charge in [-0.15, -0.1) is 0 Å². The van der Waals surface area contributed by atoms with Crippen LogP contribution in [0.25, 0.3) is 0 Å². The van der Waals surface area contributed by atoms with E-state index >= 15 is 0 Å². The number of ether oxygens (including phenoxy) is 2. The lowest BCUT2D eigenvalue weighted by molar-refractivity contribution is 0.0527. The summed E-state index contributed by atoms with van der Waals surface area (Å²) in [6.07, 6.45) is 2.60. The topological polar surface area (TPSA) is 62.2 Å². The molecule has 1 aromatic carbocycles. The third-order valence-corrected chi connectivity index (χ3v) is 4.20. The predicted molar refractivity (Wildman–Crippen MR) is 85.4 cm³/mol. The zero-order valence-electron chi connectivity index (χ0n) is 13.3. The van der Waals surface area contributed by atoms with Crippen LogP contribution in [0.4, 0.5) is 0 Å². The van der Waals surface area contributed by atoms with E-state index in [1.807, 2.05) is 24.3 Å². The molecule has 0 radical (unpaired) electrons. The van der Waals surface area contributed by atoms with Gasteiger partial charge in [-0.05, 0) is 50.4 Å². The highest BCUT2D eigenvalue weighted by atomic mass is 16.5. The molecule has 1 atom stereocenters. The normalized spacial score (nSPS) is 18.1. The van der Waals surface area contributed by atoms with Crippen LogP contribution in [0.5, 0.6) is 11.5 Å². The predicted octanol–water partition coefficient (Wildman–Crippen LogP) is 1.53. The molecule has 2 rings (SSSR count). The summed E-state index contributed by atoms with van der Waals surface area (Å²) >= 11 is 0. The zero-order valence-corrected chi connectivity index (χ0v) is 13.3. The van der Waals surface area contributed by atoms with Crippen LogP contribution in [0, 0.1) is 5.92 Å². The van der Waals surface area contributed by atoms with Gasteiger partial charge < -0.3 is 24.6 Å². The monoisotopic (exact) mass is 309 g/mol. The Balaban J connectivity index is 1.68. The molecule has 124 valence electrons. The van der Waals surface area contributed by atoms with E-state index in [9.17, 15) is 5.11 Å². The van der Waals surface area contributed by atoms with E-state index in [0.717, 1.165) is 38.1 Å². The number of hydrogen-bond acceptors (Lipinski definition) is 5. The number of rotatable bonds is 8. The van der Waals surface area contributed by atoms with Gasteiger partial charge in [-0.1, -0.05) is 6.07 Å². The highest BCUT2D eigenvalue weighted by Crippen LogP contribution is 2.21. The lowest BCUT2D eigenvalue weighted by Gasteiger charge is -2.32. The van der Waals surface area contributed by atoms with E-state index in [0.29, 0.717) is 18.2 Å². The molecule has 1 heterocycles. The molecule has 0 bridgehead atoms. The smallest absolute Gasteiger partial charge is 0.123 e. The van der Waals surface area contributed by atoms with Crippen molar-refractivity contribution in [2.75, 3.05) is 40.0 Å². The van der Waals surface area contributed by atoms with E-state index in [4.69, 9.17) is 14.6 Å². The van der Waals surface area contributed by atoms with Crippen molar-refractivity contribution >= 4 is 0 Å². The minimum absolute atomic E-state index is 0.279. The van der Waals surface area contributed by atoms with Crippen molar-refractivity contribution in [3.63, 3.8) is 0 Å². The number of methoxy groups -OCH3 is 1. The highest BCUT2D eigenvalue weighted by Gasteiger charge is 2.20. The molecule has 1 aliphatic rings. The number of aliphatic hydroxyl groups is 2. The van der Waals surface area contributed by atoms with Crippen LogP contribution >= 0.6 is 0 Å². The minimum Gasteiger partial charge on any atom is -0.497 e. The lowest BCUT2D eigenvalue weighted by atomic mass is 9.94. The maximum absolute atomic E-state index is 10.1. The van der Waals surface area contributed by atoms with Gasteiger partial charge in [-0.3, -0.25) is 0 Å². The van der Waals surface area contributed by atoms with E-state index in [1.54, 1.807) is 7.11 Å². The van der Waals surface area contributed by atoms with Crippen LogP contribution in [-0.2, 0) is 0 Å². The largest absolute Gasteiger partial charge is 0.497 e. The molecule has 0 saturated carbocycles. The molecule has 5 heteroatoms. The van der Waals surface area contributed by atoms with Gasteiger partial charge in [0.15, 0.2) is 0 Å². The molecule has 0 amide bonds. The van der Waals surface area contributed by atoms with Crippen LogP contribution in [0.1, 0.15) is 19.3 Å². The number of likely N-dealkylation sites (tertiary alicyclic amines) is 1. The van der Waals surface area contributed by atoms with Gasteiger partial charge in [0.05, 0.1) is 7.11 Å². The summed E-state index contributed by atoms with van der Waals surface area (Å²) in [7, 11) is 1.62. The number of nitrogens with zero attached hydrogens (tertiary/aromatic N) is 1. The molecular formula is C17H27NO4. The second-order valence-electron chi connectivity index (χ2n) is 5.90. The Labute approximate surface area is 132 Å². The Morgan fingerprint density at radius 2 is 2.00 bits per heavy atom. The molecule has 0 aromatic heterocycles. The average molecular weight is 309 g/mol. The van der Waals surface area contributed by atoms with Crippen LogP contribution in [0.3, 0.4) is 0 Å². The van der Waals surface area contributed by atoms with E-state index in [2.05, 4.69) is 4.90 Å². The highest BCUT2D eigenvalue weighted by molar-refractivity contribution is 5.32. The van der Waals surface area contributed by atoms with Crippen molar-refractivity contribution in [1.82, 2.24) is 4.90 Å². The fourth-order valence-electron chi connectivity index (χ4n) is 2.87. The first-order chi connectivity index (χ1) is 10.7. The Morgan fingerprint density at radius 1 is 1.27 bits per heavy atom. The van der Waals surface area contributed by atoms with Crippen molar-refractivity contribution in [3.8, 4) is 11.5 Å². The first-order valence-corrected chi connectivity index (χ1v) is 7.99. The number of benzene rings is 1. The van der Waals surface area contributed by atoms with Gasteiger partial charge in [0.2, 0.25) is 0 Å². The second-order valence-corrected chi connectivity index (χ2v) is 5.90. The molecule has 1 unspecified atom stereocenters. The molecule has 1 saturated heterocycles. The second kappa shape index (κ2) is 8.98. The summed E-state index contributed by atoms with van der Waals surface area (Å²) in [6.45, 7) is 3.17. The molecule has 22 heavy (non-hydrogen) atoms. The number of hydrogen-bond donors (Lipinski definition) is 2. The number of aliphatic hydroxyl groups excluding tert-OH is 2. The van der Waals surface area contributed by atoms with Crippen molar-refractivity contribution in [1.29, 1.82) is 0 Å². The van der Waals surface area contributed by atoms with Crippen molar-refractivity contribution in [3.05, 3.63) is 24.3 Å². The quantitative estimate of drug-likeness (QED) is 0.762. The van der Waals surface area contributed by atoms with Gasteiger partial charge in [0.1, 0.15) is 24.2 Å². The molecular weight excluding hydrogens is 282 g/mol. The Morgan fingerprint density at radius 3 is 2.68 bits per heavy atom. The van der Waals surface area contributed by atoms with Crippen LogP contribution in [0.15, 0.2) is 24.3 Å². The van der Waals surface area contributed by atoms with E-state index in [-0.39, 0.29) is 13.2 Å². The number of β-amino-alcohol motifs (C(OH)–C–C–N with tert-alkyl or cyclic N) is 1. The van der Waals surface area contributed by atoms with Crippen LogP contribution in [0.2, 0.25) is 0 Å². The van der Waals surface area contributed by atoms with Crippen molar-refractivity contribution < 1.29 is 19.7 Å². The summed E-state index contributed by atoms with van der Waals surface area (Å²) in [5.74, 6) is 2.09. The molecule has 1 aliphatic heterocycles. The Kier molecular flexibility index (Phi) is 6.96. The third kappa shape index (κ3) is 5.48. The summed E-state index contributed by atoms with van der Waals surface area (Å²) < 4.78 is 10.8. The maximum atomic E-state index is 10.1. The standard InChI is InChI=1S/C17H27NO4/c1-21-16-3-2-4-17(11-16)22-13-15(20)12-18-8-5-14(6-9-18)7-10-19/h2-4,11,14-15,19-20H,5-10,12-13H2,1H3. The minimum atomic E-state index is -0.499. The first-order valence-electron chi connectivity index (χ1n) is 7.99. The third-order valence-electron chi connectivity index (χ3n) is 4.20. The van der Waals surface area contributed by atoms with Gasteiger partial charge in [-0.2, -0.15) is 0 Å². The average Bonchev–Trinajstić information content (AvgIpc) is 2.55. The van der Waals surface area contributed by atoms with Gasteiger partial charge in [-0.25, -0.2) is 0 Å². The van der Waals surface area contributed by atoms with Gasteiger partial charge >= 0.3 is 0 Å². The maximum Gasteiger partial charge on any atom is 0.123 e. The lowest BCUT2D eigenvalue weighted by Crippen LogP contribution is -2.40. The molecule has 2 N–H and O–H groups in total. The van der Waals surface area contributed by atoms with Crippen LogP contribution in [-0.4, -0.2) is 61.2 Å². The molecule has 0 aliphatic carbocycles. The summed E-state index contributed by atoms with van der Waals surface area (Å²) in [4.78, 5) is 2.27. The van der Waals surface area contributed by atoms with Crippen LogP contribution < -0.4 is 9.47 Å². The summed E-state index contributed by atoms with van der Waals surface area (Å²) in [5.41, 5.74) is 0. The molecule has 1 aromatic rings. The summed E-state index contributed by atoms with van der Waals surface area (Å²) in [5, 5.41) is 19.1. The zero-order chi connectivity index (χ0) is 15.8.